The van der Waals surface area contributed by atoms with Crippen molar-refractivity contribution in [3.63, 3.8) is 0 Å². The van der Waals surface area contributed by atoms with Gasteiger partial charge in [0.1, 0.15) is 6.54 Å². The standard InChI is InChI=1S/C13H10N4O3S/c18-12(19)6-17-5-9(4-15-17)16-13(20)8-1-2-10-11(3-8)21-7-14-10/h1-5,7H,6H2,(H,16,20)(H,18,19). The topological polar surface area (TPSA) is 97.1 Å². The summed E-state index contributed by atoms with van der Waals surface area (Å²) in [5, 5.41) is 15.2. The number of rotatable bonds is 4. The summed E-state index contributed by atoms with van der Waals surface area (Å²) in [4.78, 5) is 26.9. The second-order valence-electron chi connectivity index (χ2n) is 4.31. The first-order chi connectivity index (χ1) is 10.1. The molecule has 2 aromatic heterocycles. The maximum absolute atomic E-state index is 12.1. The van der Waals surface area contributed by atoms with Crippen molar-refractivity contribution in [3.05, 3.63) is 41.7 Å². The van der Waals surface area contributed by atoms with Gasteiger partial charge < -0.3 is 10.4 Å². The molecule has 0 aliphatic rings. The fourth-order valence-corrected chi connectivity index (χ4v) is 2.57. The summed E-state index contributed by atoms with van der Waals surface area (Å²) in [5.74, 6) is -1.27. The minimum absolute atomic E-state index is 0.247. The highest BCUT2D eigenvalue weighted by molar-refractivity contribution is 7.16. The van der Waals surface area contributed by atoms with E-state index in [2.05, 4.69) is 15.4 Å². The van der Waals surface area contributed by atoms with Gasteiger partial charge in [-0.15, -0.1) is 11.3 Å². The van der Waals surface area contributed by atoms with Crippen molar-refractivity contribution in [1.29, 1.82) is 0 Å². The molecule has 7 nitrogen and oxygen atoms in total. The number of amides is 1. The minimum Gasteiger partial charge on any atom is -0.480 e. The number of aromatic nitrogens is 3. The molecule has 8 heteroatoms. The molecule has 2 heterocycles. The van der Waals surface area contributed by atoms with Gasteiger partial charge in [-0.3, -0.25) is 14.3 Å². The normalized spacial score (nSPS) is 10.7. The first-order valence-electron chi connectivity index (χ1n) is 6.01. The van der Waals surface area contributed by atoms with Gasteiger partial charge in [0.15, 0.2) is 0 Å². The molecule has 0 atom stereocenters. The molecule has 0 saturated carbocycles. The molecule has 1 aromatic carbocycles. The van der Waals surface area contributed by atoms with E-state index in [1.807, 2.05) is 0 Å². The first kappa shape index (κ1) is 13.3. The lowest BCUT2D eigenvalue weighted by atomic mass is 10.2. The molecule has 0 aliphatic heterocycles. The van der Waals surface area contributed by atoms with Crippen molar-refractivity contribution in [1.82, 2.24) is 14.8 Å². The van der Waals surface area contributed by atoms with E-state index in [1.165, 1.54) is 28.4 Å². The summed E-state index contributed by atoms with van der Waals surface area (Å²) >= 11 is 1.46. The summed E-state index contributed by atoms with van der Waals surface area (Å²) in [5.41, 5.74) is 3.54. The van der Waals surface area contributed by atoms with Crippen molar-refractivity contribution >= 4 is 39.1 Å². The fourth-order valence-electron chi connectivity index (χ4n) is 1.85. The molecule has 0 radical (unpaired) electrons. The number of carbonyl (C=O) groups excluding carboxylic acids is 1. The molecule has 3 rings (SSSR count). The van der Waals surface area contributed by atoms with Gasteiger partial charge in [-0.25, -0.2) is 4.98 Å². The van der Waals surface area contributed by atoms with Crippen LogP contribution < -0.4 is 5.32 Å². The predicted molar refractivity (Wildman–Crippen MR) is 77.4 cm³/mol. The van der Waals surface area contributed by atoms with Crippen LogP contribution in [0.3, 0.4) is 0 Å². The number of anilines is 1. The third kappa shape index (κ3) is 2.90. The van der Waals surface area contributed by atoms with Crippen molar-refractivity contribution < 1.29 is 14.7 Å². The van der Waals surface area contributed by atoms with E-state index in [0.29, 0.717) is 11.3 Å². The summed E-state index contributed by atoms with van der Waals surface area (Å²) < 4.78 is 2.17. The molecule has 0 fully saturated rings. The van der Waals surface area contributed by atoms with Crippen molar-refractivity contribution in [2.75, 3.05) is 5.32 Å². The predicted octanol–water partition coefficient (Wildman–Crippen LogP) is 1.83. The number of thiazole rings is 1. The average molecular weight is 302 g/mol. The molecular formula is C13H10N4O3S. The first-order valence-corrected chi connectivity index (χ1v) is 6.88. The summed E-state index contributed by atoms with van der Waals surface area (Å²) in [7, 11) is 0. The van der Waals surface area contributed by atoms with E-state index >= 15 is 0 Å². The number of carboxylic acid groups (broad SMARTS) is 1. The quantitative estimate of drug-likeness (QED) is 0.766. The Morgan fingerprint density at radius 2 is 2.24 bits per heavy atom. The highest BCUT2D eigenvalue weighted by atomic mass is 32.1. The molecular weight excluding hydrogens is 292 g/mol. The Bertz CT molecular complexity index is 824. The Morgan fingerprint density at radius 3 is 3.05 bits per heavy atom. The Balaban J connectivity index is 1.76. The lowest BCUT2D eigenvalue weighted by Crippen LogP contribution is -2.11. The van der Waals surface area contributed by atoms with Crippen molar-refractivity contribution in [2.24, 2.45) is 0 Å². The van der Waals surface area contributed by atoms with Crippen LogP contribution in [-0.2, 0) is 11.3 Å². The Morgan fingerprint density at radius 1 is 1.38 bits per heavy atom. The van der Waals surface area contributed by atoms with E-state index in [0.717, 1.165) is 10.2 Å². The molecule has 106 valence electrons. The second kappa shape index (κ2) is 5.33. The van der Waals surface area contributed by atoms with Gasteiger partial charge in [-0.05, 0) is 18.2 Å². The average Bonchev–Trinajstić information content (AvgIpc) is 3.06. The molecule has 0 spiro atoms. The lowest BCUT2D eigenvalue weighted by molar-refractivity contribution is -0.137. The summed E-state index contributed by atoms with van der Waals surface area (Å²) in [6.07, 6.45) is 2.88. The third-order valence-corrected chi connectivity index (χ3v) is 3.57. The number of hydrogen-bond donors (Lipinski definition) is 2. The van der Waals surface area contributed by atoms with E-state index in [1.54, 1.807) is 23.7 Å². The number of fused-ring (bicyclic) bond motifs is 1. The number of nitrogens with zero attached hydrogens (tertiary/aromatic N) is 3. The summed E-state index contributed by atoms with van der Waals surface area (Å²) in [6.45, 7) is -0.247. The number of aliphatic carboxylic acids is 1. The van der Waals surface area contributed by atoms with Gasteiger partial charge >= 0.3 is 5.97 Å². The largest absolute Gasteiger partial charge is 0.480 e. The third-order valence-electron chi connectivity index (χ3n) is 2.78. The maximum atomic E-state index is 12.1. The van der Waals surface area contributed by atoms with Crippen LogP contribution in [0.1, 0.15) is 10.4 Å². The van der Waals surface area contributed by atoms with Crippen LogP contribution in [-0.4, -0.2) is 31.7 Å². The zero-order chi connectivity index (χ0) is 14.8. The SMILES string of the molecule is O=C(O)Cn1cc(NC(=O)c2ccc3ncsc3c2)cn1. The lowest BCUT2D eigenvalue weighted by Gasteiger charge is -2.02. The Labute approximate surface area is 122 Å². The summed E-state index contributed by atoms with van der Waals surface area (Å²) in [6, 6.07) is 5.25. The number of benzene rings is 1. The maximum Gasteiger partial charge on any atom is 0.325 e. The van der Waals surface area contributed by atoms with Gasteiger partial charge in [0.2, 0.25) is 0 Å². The molecule has 0 bridgehead atoms. The Hall–Kier alpha value is -2.74. The number of hydrogen-bond acceptors (Lipinski definition) is 5. The number of nitrogens with one attached hydrogen (secondary N) is 1. The molecule has 1 amide bonds. The zero-order valence-electron chi connectivity index (χ0n) is 10.7. The van der Waals surface area contributed by atoms with Crippen molar-refractivity contribution in [3.8, 4) is 0 Å². The van der Waals surface area contributed by atoms with Crippen LogP contribution in [0.15, 0.2) is 36.1 Å². The van der Waals surface area contributed by atoms with E-state index in [4.69, 9.17) is 5.11 Å². The number of carbonyl (C=O) groups is 2. The molecule has 0 aliphatic carbocycles. The zero-order valence-corrected chi connectivity index (χ0v) is 11.5. The molecule has 0 unspecified atom stereocenters. The van der Waals surface area contributed by atoms with Crippen LogP contribution in [0.4, 0.5) is 5.69 Å². The second-order valence-corrected chi connectivity index (χ2v) is 5.20. The van der Waals surface area contributed by atoms with E-state index in [-0.39, 0.29) is 12.5 Å². The van der Waals surface area contributed by atoms with Crippen LogP contribution in [0.25, 0.3) is 10.2 Å². The Kier molecular flexibility index (Phi) is 3.36. The molecule has 2 N–H and O–H groups in total. The monoisotopic (exact) mass is 302 g/mol. The highest BCUT2D eigenvalue weighted by Crippen LogP contribution is 2.19. The van der Waals surface area contributed by atoms with Gasteiger partial charge in [-0.1, -0.05) is 0 Å². The molecule has 3 aromatic rings. The van der Waals surface area contributed by atoms with Gasteiger partial charge in [0.05, 0.1) is 27.6 Å². The van der Waals surface area contributed by atoms with Crippen LogP contribution in [0, 0.1) is 0 Å². The molecule has 0 saturated heterocycles. The minimum atomic E-state index is -0.994. The smallest absolute Gasteiger partial charge is 0.325 e. The van der Waals surface area contributed by atoms with E-state index in [9.17, 15) is 9.59 Å². The molecule has 21 heavy (non-hydrogen) atoms. The van der Waals surface area contributed by atoms with Gasteiger partial charge in [-0.2, -0.15) is 5.10 Å². The highest BCUT2D eigenvalue weighted by Gasteiger charge is 2.10. The van der Waals surface area contributed by atoms with Gasteiger partial charge in [0, 0.05) is 11.8 Å². The number of carboxylic acids is 1. The van der Waals surface area contributed by atoms with Crippen LogP contribution in [0.5, 0.6) is 0 Å². The van der Waals surface area contributed by atoms with Crippen LogP contribution >= 0.6 is 11.3 Å². The van der Waals surface area contributed by atoms with Crippen LogP contribution in [0.2, 0.25) is 0 Å². The van der Waals surface area contributed by atoms with E-state index < -0.39 is 5.97 Å². The van der Waals surface area contributed by atoms with Gasteiger partial charge in [0.25, 0.3) is 5.91 Å². The fraction of sp³-hybridized carbons (Fsp3) is 0.0769. The van der Waals surface area contributed by atoms with Crippen molar-refractivity contribution in [2.45, 2.75) is 6.54 Å².